The van der Waals surface area contributed by atoms with Gasteiger partial charge in [0, 0.05) is 19.5 Å². The molecule has 1 aromatic carbocycles. The Balaban J connectivity index is 1.88. The van der Waals surface area contributed by atoms with Crippen LogP contribution in [0.1, 0.15) is 12.5 Å². The largest absolute Gasteiger partial charge is 0.485 e. The van der Waals surface area contributed by atoms with Gasteiger partial charge in [0.15, 0.2) is 5.65 Å². The summed E-state index contributed by atoms with van der Waals surface area (Å²) < 4.78 is 12.6. The van der Waals surface area contributed by atoms with Crippen LogP contribution in [0, 0.1) is 0 Å². The molecule has 0 amide bonds. The Morgan fingerprint density at radius 3 is 2.84 bits per heavy atom. The molecule has 4 rings (SSSR count). The number of hydrogen-bond acceptors (Lipinski definition) is 5. The van der Waals surface area contributed by atoms with Crippen LogP contribution in [0.4, 0.5) is 0 Å². The molecule has 0 fully saturated rings. The number of aromatic nitrogens is 2. The van der Waals surface area contributed by atoms with Gasteiger partial charge in [0.05, 0.1) is 16.6 Å². The second-order valence-electron chi connectivity index (χ2n) is 5.90. The summed E-state index contributed by atoms with van der Waals surface area (Å²) >= 11 is 0. The van der Waals surface area contributed by atoms with Gasteiger partial charge in [-0.15, -0.1) is 0 Å². The number of para-hydroxylation sites is 1. The van der Waals surface area contributed by atoms with Crippen molar-refractivity contribution in [2.24, 2.45) is 0 Å². The molecule has 0 radical (unpaired) electrons. The Morgan fingerprint density at radius 1 is 1.28 bits per heavy atom. The minimum absolute atomic E-state index is 0.122. The van der Waals surface area contributed by atoms with E-state index in [1.165, 1.54) is 6.92 Å². The van der Waals surface area contributed by atoms with Crippen LogP contribution in [0.5, 0.6) is 5.75 Å². The molecular formula is C19H16N2O4. The summed E-state index contributed by atoms with van der Waals surface area (Å²) in [4.78, 5) is 28.5. The zero-order valence-electron chi connectivity index (χ0n) is 13.6. The van der Waals surface area contributed by atoms with Crippen LogP contribution in [0.15, 0.2) is 53.5 Å². The predicted molar refractivity (Wildman–Crippen MR) is 92.1 cm³/mol. The highest BCUT2D eigenvalue weighted by Crippen LogP contribution is 2.34. The Kier molecular flexibility index (Phi) is 3.72. The van der Waals surface area contributed by atoms with Crippen molar-refractivity contribution >= 4 is 17.0 Å². The summed E-state index contributed by atoms with van der Waals surface area (Å²) in [6, 6.07) is 13.1. The number of fused-ring (bicyclic) bond motifs is 3. The van der Waals surface area contributed by atoms with E-state index >= 15 is 0 Å². The molecule has 0 spiro atoms. The summed E-state index contributed by atoms with van der Waals surface area (Å²) in [5.41, 5.74) is 1.73. The minimum Gasteiger partial charge on any atom is -0.485 e. The highest BCUT2D eigenvalue weighted by atomic mass is 16.6. The molecule has 1 aliphatic rings. The first kappa shape index (κ1) is 15.4. The number of benzene rings is 1. The molecule has 1 aliphatic heterocycles. The van der Waals surface area contributed by atoms with Gasteiger partial charge in [-0.25, -0.2) is 4.98 Å². The molecule has 25 heavy (non-hydrogen) atoms. The van der Waals surface area contributed by atoms with Crippen LogP contribution in [-0.4, -0.2) is 28.2 Å². The first-order valence-electron chi connectivity index (χ1n) is 8.03. The molecule has 3 heterocycles. The molecule has 0 saturated heterocycles. The van der Waals surface area contributed by atoms with E-state index in [9.17, 15) is 9.59 Å². The third-order valence-corrected chi connectivity index (χ3v) is 4.18. The fourth-order valence-corrected chi connectivity index (χ4v) is 3.11. The van der Waals surface area contributed by atoms with E-state index < -0.39 is 0 Å². The molecule has 1 unspecified atom stereocenters. The minimum atomic E-state index is -0.368. The van der Waals surface area contributed by atoms with Gasteiger partial charge >= 0.3 is 5.97 Å². The molecule has 6 heteroatoms. The number of hydrogen-bond donors (Lipinski definition) is 0. The van der Waals surface area contributed by atoms with Crippen molar-refractivity contribution in [3.05, 3.63) is 64.6 Å². The van der Waals surface area contributed by atoms with Crippen molar-refractivity contribution in [3.8, 4) is 11.4 Å². The highest BCUT2D eigenvalue weighted by molar-refractivity contribution is 5.85. The fraction of sp³-hybridized carbons (Fsp3) is 0.211. The van der Waals surface area contributed by atoms with E-state index in [0.29, 0.717) is 23.4 Å². The number of ether oxygens (including phenoxy) is 2. The van der Waals surface area contributed by atoms with Gasteiger partial charge in [-0.2, -0.15) is 0 Å². The van der Waals surface area contributed by atoms with Crippen molar-refractivity contribution in [1.29, 1.82) is 0 Å². The summed E-state index contributed by atoms with van der Waals surface area (Å²) in [6.07, 6.45) is 1.69. The van der Waals surface area contributed by atoms with Crippen molar-refractivity contribution in [3.63, 3.8) is 0 Å². The smallest absolute Gasteiger partial charge is 0.302 e. The van der Waals surface area contributed by atoms with Crippen LogP contribution < -0.4 is 10.3 Å². The second kappa shape index (κ2) is 6.05. The lowest BCUT2D eigenvalue weighted by Crippen LogP contribution is -2.24. The number of rotatable bonds is 3. The number of esters is 1. The van der Waals surface area contributed by atoms with Crippen molar-refractivity contribution in [2.75, 3.05) is 6.61 Å². The maximum absolute atomic E-state index is 13.1. The topological polar surface area (TPSA) is 70.4 Å². The third-order valence-electron chi connectivity index (χ3n) is 4.18. The number of nitrogens with zero attached hydrogens (tertiary/aromatic N) is 2. The zero-order valence-corrected chi connectivity index (χ0v) is 13.6. The quantitative estimate of drug-likeness (QED) is 0.686. The SMILES string of the molecule is CC(=O)OCC1Cc2c(c3cccnc3n(-c3ccccc3)c2=O)O1. The van der Waals surface area contributed by atoms with E-state index in [-0.39, 0.29) is 24.2 Å². The number of pyridine rings is 2. The molecule has 3 aromatic rings. The lowest BCUT2D eigenvalue weighted by Gasteiger charge is -2.13. The van der Waals surface area contributed by atoms with E-state index in [0.717, 1.165) is 11.1 Å². The van der Waals surface area contributed by atoms with Crippen LogP contribution in [0.2, 0.25) is 0 Å². The summed E-state index contributed by atoms with van der Waals surface area (Å²) in [6.45, 7) is 1.47. The first-order chi connectivity index (χ1) is 12.1. The maximum Gasteiger partial charge on any atom is 0.302 e. The standard InChI is InChI=1S/C19H16N2O4/c1-12(22)24-11-14-10-16-17(25-14)15-8-5-9-20-18(15)21(19(16)23)13-6-3-2-4-7-13/h2-9,14H,10-11H2,1H3. The van der Waals surface area contributed by atoms with Crippen LogP contribution in [-0.2, 0) is 16.0 Å². The average Bonchev–Trinajstić information content (AvgIpc) is 3.06. The maximum atomic E-state index is 13.1. The van der Waals surface area contributed by atoms with Crippen LogP contribution >= 0.6 is 0 Å². The lowest BCUT2D eigenvalue weighted by atomic mass is 10.1. The second-order valence-corrected chi connectivity index (χ2v) is 5.90. The average molecular weight is 336 g/mol. The molecular weight excluding hydrogens is 320 g/mol. The highest BCUT2D eigenvalue weighted by Gasteiger charge is 2.30. The predicted octanol–water partition coefficient (Wildman–Crippen LogP) is 2.25. The Labute approximate surface area is 143 Å². The van der Waals surface area contributed by atoms with Gasteiger partial charge in [0.2, 0.25) is 0 Å². The summed E-state index contributed by atoms with van der Waals surface area (Å²) in [7, 11) is 0. The molecule has 2 aromatic heterocycles. The van der Waals surface area contributed by atoms with Gasteiger partial charge in [0.25, 0.3) is 5.56 Å². The van der Waals surface area contributed by atoms with Crippen LogP contribution in [0.25, 0.3) is 16.7 Å². The van der Waals surface area contributed by atoms with Crippen molar-refractivity contribution < 1.29 is 14.3 Å². The van der Waals surface area contributed by atoms with Gasteiger partial charge in [-0.3, -0.25) is 14.2 Å². The van der Waals surface area contributed by atoms with Crippen molar-refractivity contribution in [1.82, 2.24) is 9.55 Å². The molecule has 1 atom stereocenters. The van der Waals surface area contributed by atoms with Gasteiger partial charge in [0.1, 0.15) is 18.5 Å². The summed E-state index contributed by atoms with van der Waals surface area (Å²) in [5.74, 6) is 0.171. The Bertz CT molecular complexity index is 1010. The Hall–Kier alpha value is -3.15. The van der Waals surface area contributed by atoms with Gasteiger partial charge in [-0.05, 0) is 24.3 Å². The zero-order chi connectivity index (χ0) is 17.4. The molecule has 0 bridgehead atoms. The Morgan fingerprint density at radius 2 is 2.08 bits per heavy atom. The van der Waals surface area contributed by atoms with Gasteiger partial charge in [-0.1, -0.05) is 18.2 Å². The number of carbonyl (C=O) groups excluding carboxylic acids is 1. The van der Waals surface area contributed by atoms with Crippen LogP contribution in [0.3, 0.4) is 0 Å². The molecule has 0 N–H and O–H groups in total. The van der Waals surface area contributed by atoms with E-state index in [1.807, 2.05) is 42.5 Å². The molecule has 0 saturated carbocycles. The van der Waals surface area contributed by atoms with Gasteiger partial charge < -0.3 is 9.47 Å². The molecule has 126 valence electrons. The monoisotopic (exact) mass is 336 g/mol. The molecule has 6 nitrogen and oxygen atoms in total. The summed E-state index contributed by atoms with van der Waals surface area (Å²) in [5, 5.41) is 0.770. The van der Waals surface area contributed by atoms with Crippen molar-refractivity contribution in [2.45, 2.75) is 19.4 Å². The lowest BCUT2D eigenvalue weighted by molar-refractivity contribution is -0.143. The normalized spacial score (nSPS) is 15.6. The van der Waals surface area contributed by atoms with E-state index in [4.69, 9.17) is 9.47 Å². The fourth-order valence-electron chi connectivity index (χ4n) is 3.11. The third kappa shape index (κ3) is 2.65. The first-order valence-corrected chi connectivity index (χ1v) is 8.03. The van der Waals surface area contributed by atoms with E-state index in [1.54, 1.807) is 10.8 Å². The number of carbonyl (C=O) groups is 1. The molecule has 0 aliphatic carbocycles. The van der Waals surface area contributed by atoms with E-state index in [2.05, 4.69) is 4.98 Å².